The lowest BCUT2D eigenvalue weighted by atomic mass is 9.81. The summed E-state index contributed by atoms with van der Waals surface area (Å²) in [4.78, 5) is 33.0. The number of alkyl halides is 1. The highest BCUT2D eigenvalue weighted by molar-refractivity contribution is 6.23. The van der Waals surface area contributed by atoms with Crippen LogP contribution in [0.25, 0.3) is 16.6 Å². The molecule has 5 rings (SSSR count). The topological polar surface area (TPSA) is 95.1 Å². The number of amides is 1. The van der Waals surface area contributed by atoms with Crippen LogP contribution in [0.1, 0.15) is 89.9 Å². The van der Waals surface area contributed by atoms with Crippen LogP contribution in [-0.4, -0.2) is 38.4 Å². The van der Waals surface area contributed by atoms with Gasteiger partial charge in [0.2, 0.25) is 0 Å². The van der Waals surface area contributed by atoms with Crippen LogP contribution in [0.3, 0.4) is 0 Å². The predicted octanol–water partition coefficient (Wildman–Crippen LogP) is 7.36. The van der Waals surface area contributed by atoms with Gasteiger partial charge in [-0.2, -0.15) is 0 Å². The summed E-state index contributed by atoms with van der Waals surface area (Å²) in [6.07, 6.45) is 12.7. The Bertz CT molecular complexity index is 1490. The van der Waals surface area contributed by atoms with Gasteiger partial charge in [0.25, 0.3) is 5.91 Å². The van der Waals surface area contributed by atoms with Crippen LogP contribution in [0.15, 0.2) is 48.6 Å². The number of carbonyl (C=O) groups excluding carboxylic acids is 1. The third-order valence-corrected chi connectivity index (χ3v) is 8.46. The first-order valence-electron chi connectivity index (χ1n) is 13.8. The van der Waals surface area contributed by atoms with Gasteiger partial charge in [-0.3, -0.25) is 4.79 Å². The van der Waals surface area contributed by atoms with Crippen molar-refractivity contribution in [2.45, 2.75) is 69.2 Å². The number of H-pyrrole nitrogens is 1. The van der Waals surface area contributed by atoms with Gasteiger partial charge in [0.1, 0.15) is 11.3 Å². The normalized spacial score (nSPS) is 20.4. The second kappa shape index (κ2) is 11.9. The standard InChI is InChI=1S/C31H32ClF2N3O3/c1-2-7-24(17-8-4-3-5-9-17)36-30(38)18-12-13-19(21(16-18)31(39)40)26-20(10-6-11-22(26)32)29-35-25-15-14-23(33)27(34)28(25)37-29/h6,10-17,22,24,26H,2-5,7-9H2,1H3,(H,35,37)(H,36,38)(H,39,40)/t22-,24+,26?/m0/s1. The van der Waals surface area contributed by atoms with Crippen LogP contribution in [0, 0.1) is 17.6 Å². The number of fused-ring (bicyclic) bond motifs is 1. The number of aromatic nitrogens is 2. The van der Waals surface area contributed by atoms with Gasteiger partial charge in [0.15, 0.2) is 11.6 Å². The first-order valence-corrected chi connectivity index (χ1v) is 14.3. The number of halogens is 3. The van der Waals surface area contributed by atoms with Gasteiger partial charge in [-0.15, -0.1) is 11.6 Å². The number of benzene rings is 2. The first kappa shape index (κ1) is 28.0. The molecule has 0 saturated heterocycles. The van der Waals surface area contributed by atoms with Crippen molar-refractivity contribution in [3.05, 3.63) is 82.7 Å². The predicted molar refractivity (Wildman–Crippen MR) is 152 cm³/mol. The van der Waals surface area contributed by atoms with Crippen molar-refractivity contribution in [1.29, 1.82) is 0 Å². The number of aromatic carboxylic acids is 1. The number of carboxylic acid groups (broad SMARTS) is 1. The van der Waals surface area contributed by atoms with Gasteiger partial charge in [0.05, 0.1) is 16.5 Å². The maximum Gasteiger partial charge on any atom is 0.336 e. The van der Waals surface area contributed by atoms with Crippen molar-refractivity contribution in [3.8, 4) is 0 Å². The van der Waals surface area contributed by atoms with Crippen LogP contribution in [0.4, 0.5) is 8.78 Å². The Morgan fingerprint density at radius 2 is 1.95 bits per heavy atom. The van der Waals surface area contributed by atoms with E-state index in [2.05, 4.69) is 22.2 Å². The number of nitrogens with zero attached hydrogens (tertiary/aromatic N) is 1. The zero-order valence-corrected chi connectivity index (χ0v) is 23.0. The van der Waals surface area contributed by atoms with Crippen molar-refractivity contribution in [2.75, 3.05) is 0 Å². The minimum atomic E-state index is -1.20. The average Bonchev–Trinajstić information content (AvgIpc) is 3.40. The highest BCUT2D eigenvalue weighted by atomic mass is 35.5. The largest absolute Gasteiger partial charge is 0.478 e. The second-order valence-electron chi connectivity index (χ2n) is 10.6. The number of carboxylic acids is 1. The van der Waals surface area contributed by atoms with E-state index in [0.29, 0.717) is 17.1 Å². The molecule has 3 N–H and O–H groups in total. The second-order valence-corrected chi connectivity index (χ2v) is 11.1. The molecule has 6 nitrogen and oxygen atoms in total. The molecule has 0 spiro atoms. The van der Waals surface area contributed by atoms with E-state index in [1.165, 1.54) is 18.6 Å². The minimum absolute atomic E-state index is 0.0503. The molecule has 1 heterocycles. The first-order chi connectivity index (χ1) is 19.3. The Balaban J connectivity index is 1.48. The number of hydrogen-bond acceptors (Lipinski definition) is 3. The number of aromatic amines is 1. The smallest absolute Gasteiger partial charge is 0.336 e. The summed E-state index contributed by atoms with van der Waals surface area (Å²) < 4.78 is 28.2. The average molecular weight is 568 g/mol. The molecule has 1 saturated carbocycles. The van der Waals surface area contributed by atoms with Crippen molar-refractivity contribution < 1.29 is 23.5 Å². The fourth-order valence-electron chi connectivity index (χ4n) is 6.05. The van der Waals surface area contributed by atoms with Crippen molar-refractivity contribution >= 4 is 40.1 Å². The number of hydrogen-bond donors (Lipinski definition) is 3. The van der Waals surface area contributed by atoms with Crippen LogP contribution in [-0.2, 0) is 0 Å². The zero-order valence-electron chi connectivity index (χ0n) is 22.2. The van der Waals surface area contributed by atoms with Crippen LogP contribution in [0.2, 0.25) is 0 Å². The highest BCUT2D eigenvalue weighted by Crippen LogP contribution is 2.41. The summed E-state index contributed by atoms with van der Waals surface area (Å²) in [5.74, 6) is -3.52. The molecule has 3 atom stereocenters. The highest BCUT2D eigenvalue weighted by Gasteiger charge is 2.33. The number of imidazole rings is 1. The minimum Gasteiger partial charge on any atom is -0.478 e. The van der Waals surface area contributed by atoms with Gasteiger partial charge in [-0.05, 0) is 55.0 Å². The van der Waals surface area contributed by atoms with E-state index in [4.69, 9.17) is 11.6 Å². The van der Waals surface area contributed by atoms with E-state index < -0.39 is 28.9 Å². The van der Waals surface area contributed by atoms with Gasteiger partial charge < -0.3 is 15.4 Å². The van der Waals surface area contributed by atoms with E-state index in [9.17, 15) is 23.5 Å². The van der Waals surface area contributed by atoms with E-state index in [-0.39, 0.29) is 39.9 Å². The Kier molecular flexibility index (Phi) is 8.35. The SMILES string of the molecule is CCC[C@@H](NC(=O)c1ccc(C2C(c3nc4ccc(F)c(F)c4[nH]3)=CC=C[C@@H]2Cl)c(C(=O)O)c1)C1CCCCC1. The van der Waals surface area contributed by atoms with Crippen LogP contribution < -0.4 is 5.32 Å². The Morgan fingerprint density at radius 1 is 1.18 bits per heavy atom. The zero-order chi connectivity index (χ0) is 28.4. The molecule has 2 aliphatic carbocycles. The molecule has 1 fully saturated rings. The third kappa shape index (κ3) is 5.55. The van der Waals surface area contributed by atoms with Gasteiger partial charge in [0, 0.05) is 23.1 Å². The summed E-state index contributed by atoms with van der Waals surface area (Å²) in [6, 6.07) is 7.05. The quantitative estimate of drug-likeness (QED) is 0.248. The molecule has 0 aliphatic heterocycles. The number of nitrogens with one attached hydrogen (secondary N) is 2. The van der Waals surface area contributed by atoms with Crippen LogP contribution >= 0.6 is 11.6 Å². The van der Waals surface area contributed by atoms with Gasteiger partial charge in [-0.25, -0.2) is 18.6 Å². The monoisotopic (exact) mass is 567 g/mol. The molecule has 0 radical (unpaired) electrons. The summed E-state index contributed by atoms with van der Waals surface area (Å²) in [7, 11) is 0. The fraction of sp³-hybridized carbons (Fsp3) is 0.387. The van der Waals surface area contributed by atoms with E-state index in [0.717, 1.165) is 44.6 Å². The lowest BCUT2D eigenvalue weighted by molar-refractivity contribution is 0.0695. The number of carbonyl (C=O) groups is 2. The maximum atomic E-state index is 14.4. The van der Waals surface area contributed by atoms with Gasteiger partial charge >= 0.3 is 5.97 Å². The number of allylic oxidation sites excluding steroid dienone is 4. The molecular weight excluding hydrogens is 536 g/mol. The van der Waals surface area contributed by atoms with Crippen molar-refractivity contribution in [1.82, 2.24) is 15.3 Å². The Labute approximate surface area is 236 Å². The summed E-state index contributed by atoms with van der Waals surface area (Å²) in [6.45, 7) is 2.10. The van der Waals surface area contributed by atoms with E-state index in [1.807, 2.05) is 0 Å². The summed E-state index contributed by atoms with van der Waals surface area (Å²) >= 11 is 6.71. The molecule has 2 aliphatic rings. The molecular formula is C31H32ClF2N3O3. The van der Waals surface area contributed by atoms with E-state index in [1.54, 1.807) is 30.4 Å². The molecule has 9 heteroatoms. The molecule has 1 aromatic heterocycles. The van der Waals surface area contributed by atoms with E-state index >= 15 is 0 Å². The lowest BCUT2D eigenvalue weighted by Gasteiger charge is -2.31. The Hall–Kier alpha value is -3.52. The lowest BCUT2D eigenvalue weighted by Crippen LogP contribution is -2.41. The fourth-order valence-corrected chi connectivity index (χ4v) is 6.41. The maximum absolute atomic E-state index is 14.4. The van der Waals surface area contributed by atoms with Crippen molar-refractivity contribution in [2.24, 2.45) is 5.92 Å². The summed E-state index contributed by atoms with van der Waals surface area (Å²) in [5, 5.41) is 12.7. The molecule has 40 heavy (non-hydrogen) atoms. The summed E-state index contributed by atoms with van der Waals surface area (Å²) in [5.41, 5.74) is 1.28. The van der Waals surface area contributed by atoms with Crippen molar-refractivity contribution in [3.63, 3.8) is 0 Å². The molecule has 2 aromatic carbocycles. The Morgan fingerprint density at radius 3 is 2.67 bits per heavy atom. The van der Waals surface area contributed by atoms with Gasteiger partial charge in [-0.1, -0.05) is 56.9 Å². The third-order valence-electron chi connectivity index (χ3n) is 8.06. The molecule has 3 aromatic rings. The molecule has 1 amide bonds. The number of rotatable bonds is 8. The van der Waals surface area contributed by atoms with Crippen LogP contribution in [0.5, 0.6) is 0 Å². The molecule has 210 valence electrons. The molecule has 0 bridgehead atoms. The molecule has 1 unspecified atom stereocenters.